The molecule has 0 atom stereocenters. The monoisotopic (exact) mass is 232 g/mol. The Morgan fingerprint density at radius 1 is 1.31 bits per heavy atom. The molecule has 0 spiro atoms. The van der Waals surface area contributed by atoms with Gasteiger partial charge in [0.2, 0.25) is 5.91 Å². The van der Waals surface area contributed by atoms with Gasteiger partial charge in [0.25, 0.3) is 0 Å². The van der Waals surface area contributed by atoms with Crippen molar-refractivity contribution in [3.05, 3.63) is 29.6 Å². The van der Waals surface area contributed by atoms with Crippen LogP contribution in [0.5, 0.6) is 0 Å². The number of carbonyl (C=O) groups is 1. The molecule has 1 aromatic rings. The minimum atomic E-state index is -1.33. The molecule has 0 bridgehead atoms. The highest BCUT2D eigenvalue weighted by molar-refractivity contribution is 5.90. The van der Waals surface area contributed by atoms with Gasteiger partial charge in [-0.05, 0) is 7.05 Å². The second-order valence-corrected chi connectivity index (χ2v) is 3.15. The lowest BCUT2D eigenvalue weighted by molar-refractivity contribution is -0.116. The van der Waals surface area contributed by atoms with Gasteiger partial charge in [-0.25, -0.2) is 13.2 Å². The van der Waals surface area contributed by atoms with Crippen LogP contribution in [-0.2, 0) is 4.79 Å². The Morgan fingerprint density at radius 2 is 2.00 bits per heavy atom. The summed E-state index contributed by atoms with van der Waals surface area (Å²) in [6.07, 6.45) is 0.0913. The molecule has 0 aromatic heterocycles. The van der Waals surface area contributed by atoms with E-state index in [-0.39, 0.29) is 6.42 Å². The lowest BCUT2D eigenvalue weighted by Crippen LogP contribution is -2.19. The summed E-state index contributed by atoms with van der Waals surface area (Å²) in [5, 5.41) is 4.81. The van der Waals surface area contributed by atoms with E-state index in [4.69, 9.17) is 0 Å². The highest BCUT2D eigenvalue weighted by Crippen LogP contribution is 2.19. The number of nitrogens with one attached hydrogen (secondary N) is 2. The van der Waals surface area contributed by atoms with Crippen molar-refractivity contribution in [1.29, 1.82) is 0 Å². The van der Waals surface area contributed by atoms with Crippen molar-refractivity contribution in [1.82, 2.24) is 5.32 Å². The highest BCUT2D eigenvalue weighted by Gasteiger charge is 2.12. The van der Waals surface area contributed by atoms with Crippen molar-refractivity contribution in [3.63, 3.8) is 0 Å². The molecule has 1 aromatic carbocycles. The van der Waals surface area contributed by atoms with Crippen molar-refractivity contribution in [2.75, 3.05) is 18.9 Å². The molecule has 0 saturated carbocycles. The van der Waals surface area contributed by atoms with E-state index in [0.29, 0.717) is 12.6 Å². The first-order chi connectivity index (χ1) is 7.54. The van der Waals surface area contributed by atoms with Gasteiger partial charge < -0.3 is 10.6 Å². The first-order valence-corrected chi connectivity index (χ1v) is 4.63. The number of carbonyl (C=O) groups excluding carboxylic acids is 1. The Labute approximate surface area is 90.6 Å². The van der Waals surface area contributed by atoms with E-state index in [2.05, 4.69) is 10.6 Å². The van der Waals surface area contributed by atoms with Gasteiger partial charge >= 0.3 is 0 Å². The number of anilines is 1. The fourth-order valence-corrected chi connectivity index (χ4v) is 1.10. The first kappa shape index (κ1) is 12.5. The van der Waals surface area contributed by atoms with E-state index in [1.54, 1.807) is 7.05 Å². The summed E-state index contributed by atoms with van der Waals surface area (Å²) in [4.78, 5) is 11.2. The lowest BCUT2D eigenvalue weighted by atomic mass is 10.2. The summed E-state index contributed by atoms with van der Waals surface area (Å²) in [7, 11) is 1.65. The molecule has 0 radical (unpaired) electrons. The SMILES string of the molecule is CNCCC(=O)Nc1cc(F)cc(F)c1F. The number of amides is 1. The molecule has 16 heavy (non-hydrogen) atoms. The van der Waals surface area contributed by atoms with Crippen molar-refractivity contribution < 1.29 is 18.0 Å². The fourth-order valence-electron chi connectivity index (χ4n) is 1.10. The fraction of sp³-hybridized carbons (Fsp3) is 0.300. The quantitative estimate of drug-likeness (QED) is 0.775. The molecule has 0 aliphatic heterocycles. The highest BCUT2D eigenvalue weighted by atomic mass is 19.2. The molecular weight excluding hydrogens is 221 g/mol. The maximum Gasteiger partial charge on any atom is 0.225 e. The van der Waals surface area contributed by atoms with E-state index in [0.717, 1.165) is 6.07 Å². The van der Waals surface area contributed by atoms with Crippen LogP contribution in [0.15, 0.2) is 12.1 Å². The molecular formula is C10H11F3N2O. The Morgan fingerprint density at radius 3 is 2.62 bits per heavy atom. The van der Waals surface area contributed by atoms with Crippen LogP contribution in [0.2, 0.25) is 0 Å². The average Bonchev–Trinajstić information content (AvgIpc) is 2.22. The largest absolute Gasteiger partial charge is 0.323 e. The van der Waals surface area contributed by atoms with E-state index in [1.807, 2.05) is 0 Å². The Kier molecular flexibility index (Phi) is 4.30. The Balaban J connectivity index is 2.77. The first-order valence-electron chi connectivity index (χ1n) is 4.63. The van der Waals surface area contributed by atoms with E-state index in [9.17, 15) is 18.0 Å². The van der Waals surface area contributed by atoms with Gasteiger partial charge in [-0.15, -0.1) is 0 Å². The summed E-state index contributed by atoms with van der Waals surface area (Å²) in [6.45, 7) is 0.394. The molecule has 0 aliphatic rings. The van der Waals surface area contributed by atoms with Crippen LogP contribution in [0.1, 0.15) is 6.42 Å². The zero-order valence-corrected chi connectivity index (χ0v) is 8.61. The maximum absolute atomic E-state index is 13.1. The van der Waals surface area contributed by atoms with Gasteiger partial charge in [-0.2, -0.15) is 0 Å². The molecule has 0 fully saturated rings. The second-order valence-electron chi connectivity index (χ2n) is 3.15. The molecule has 1 rings (SSSR count). The molecule has 88 valence electrons. The molecule has 1 amide bonds. The number of rotatable bonds is 4. The molecule has 0 aliphatic carbocycles. The van der Waals surface area contributed by atoms with Gasteiger partial charge in [0.1, 0.15) is 5.82 Å². The summed E-state index contributed by atoms with van der Waals surface area (Å²) >= 11 is 0. The van der Waals surface area contributed by atoms with Crippen LogP contribution in [0, 0.1) is 17.5 Å². The van der Waals surface area contributed by atoms with Crippen molar-refractivity contribution in [2.45, 2.75) is 6.42 Å². The van der Waals surface area contributed by atoms with Crippen LogP contribution < -0.4 is 10.6 Å². The number of hydrogen-bond acceptors (Lipinski definition) is 2. The third-order valence-electron chi connectivity index (χ3n) is 1.87. The molecule has 0 unspecified atom stereocenters. The summed E-state index contributed by atoms with van der Waals surface area (Å²) < 4.78 is 38.6. The molecule has 2 N–H and O–H groups in total. The van der Waals surface area contributed by atoms with Crippen LogP contribution >= 0.6 is 0 Å². The van der Waals surface area contributed by atoms with Gasteiger partial charge in [0.05, 0.1) is 5.69 Å². The maximum atomic E-state index is 13.1. The molecule has 3 nitrogen and oxygen atoms in total. The Hall–Kier alpha value is -1.56. The number of benzene rings is 1. The van der Waals surface area contributed by atoms with Gasteiger partial charge in [-0.1, -0.05) is 0 Å². The van der Waals surface area contributed by atoms with Crippen LogP contribution in [0.3, 0.4) is 0 Å². The summed E-state index contributed by atoms with van der Waals surface area (Å²) in [5.74, 6) is -4.05. The van der Waals surface area contributed by atoms with Gasteiger partial charge in [0.15, 0.2) is 11.6 Å². The summed E-state index contributed by atoms with van der Waals surface area (Å²) in [5.41, 5.74) is -0.487. The third-order valence-corrected chi connectivity index (χ3v) is 1.87. The summed E-state index contributed by atoms with van der Waals surface area (Å²) in [6, 6.07) is 1.15. The Bertz CT molecular complexity index is 396. The zero-order chi connectivity index (χ0) is 12.1. The minimum absolute atomic E-state index is 0.0913. The molecule has 6 heteroatoms. The number of halogens is 3. The van der Waals surface area contributed by atoms with E-state index in [1.165, 1.54) is 0 Å². The van der Waals surface area contributed by atoms with Gasteiger partial charge in [0, 0.05) is 25.1 Å². The van der Waals surface area contributed by atoms with Crippen LogP contribution in [0.25, 0.3) is 0 Å². The normalized spacial score (nSPS) is 10.2. The predicted molar refractivity (Wildman–Crippen MR) is 53.5 cm³/mol. The molecule has 0 saturated heterocycles. The third kappa shape index (κ3) is 3.23. The number of hydrogen-bond donors (Lipinski definition) is 2. The zero-order valence-electron chi connectivity index (χ0n) is 8.61. The second kappa shape index (κ2) is 5.50. The topological polar surface area (TPSA) is 41.1 Å². The van der Waals surface area contributed by atoms with Crippen molar-refractivity contribution in [3.8, 4) is 0 Å². The van der Waals surface area contributed by atoms with Crippen molar-refractivity contribution >= 4 is 11.6 Å². The standard InChI is InChI=1S/C10H11F3N2O/c1-14-3-2-9(16)15-8-5-6(11)4-7(12)10(8)13/h4-5,14H,2-3H2,1H3,(H,15,16). The van der Waals surface area contributed by atoms with E-state index >= 15 is 0 Å². The van der Waals surface area contributed by atoms with Crippen LogP contribution in [0.4, 0.5) is 18.9 Å². The minimum Gasteiger partial charge on any atom is -0.323 e. The smallest absolute Gasteiger partial charge is 0.225 e. The van der Waals surface area contributed by atoms with Crippen LogP contribution in [-0.4, -0.2) is 19.5 Å². The van der Waals surface area contributed by atoms with E-state index < -0.39 is 29.0 Å². The van der Waals surface area contributed by atoms with Gasteiger partial charge in [-0.3, -0.25) is 4.79 Å². The lowest BCUT2D eigenvalue weighted by Gasteiger charge is -2.06. The van der Waals surface area contributed by atoms with Crippen molar-refractivity contribution in [2.24, 2.45) is 0 Å². The average molecular weight is 232 g/mol. The predicted octanol–water partition coefficient (Wildman–Crippen LogP) is 1.65. The molecule has 0 heterocycles.